The highest BCUT2D eigenvalue weighted by Gasteiger charge is 2.35. The van der Waals surface area contributed by atoms with Gasteiger partial charge in [-0.2, -0.15) is 0 Å². The summed E-state index contributed by atoms with van der Waals surface area (Å²) in [6.45, 7) is 5.31. The van der Waals surface area contributed by atoms with E-state index in [9.17, 15) is 9.59 Å². The number of nitrogens with zero attached hydrogens (tertiary/aromatic N) is 1. The van der Waals surface area contributed by atoms with Crippen molar-refractivity contribution in [3.05, 3.63) is 71.8 Å². The number of carbonyl (C=O) groups is 2. The van der Waals surface area contributed by atoms with E-state index in [0.717, 1.165) is 18.4 Å². The molecule has 1 fully saturated rings. The molecule has 4 nitrogen and oxygen atoms in total. The van der Waals surface area contributed by atoms with Crippen LogP contribution in [0.3, 0.4) is 0 Å². The molecule has 1 aliphatic heterocycles. The molecule has 3 rings (SSSR count). The zero-order valence-corrected chi connectivity index (χ0v) is 15.4. The molecule has 1 aliphatic rings. The molecule has 2 amide bonds. The monoisotopic (exact) mass is 350 g/mol. The second-order valence-electron chi connectivity index (χ2n) is 7.40. The van der Waals surface area contributed by atoms with E-state index in [2.05, 4.69) is 5.32 Å². The maximum Gasteiger partial charge on any atom is 0.251 e. The van der Waals surface area contributed by atoms with E-state index < -0.39 is 5.41 Å². The Balaban J connectivity index is 1.56. The maximum atomic E-state index is 13.0. The molecule has 26 heavy (non-hydrogen) atoms. The first-order valence-electron chi connectivity index (χ1n) is 9.19. The molecule has 2 aromatic rings. The molecule has 136 valence electrons. The Morgan fingerprint density at radius 2 is 1.46 bits per heavy atom. The molecular weight excluding hydrogens is 324 g/mol. The fourth-order valence-corrected chi connectivity index (χ4v) is 3.46. The molecule has 0 unspecified atom stereocenters. The largest absolute Gasteiger partial charge is 0.349 e. The molecule has 0 atom stereocenters. The predicted molar refractivity (Wildman–Crippen MR) is 103 cm³/mol. The van der Waals surface area contributed by atoms with Gasteiger partial charge in [-0.15, -0.1) is 0 Å². The van der Waals surface area contributed by atoms with E-state index in [0.29, 0.717) is 18.7 Å². The van der Waals surface area contributed by atoms with Gasteiger partial charge in [-0.25, -0.2) is 0 Å². The van der Waals surface area contributed by atoms with Gasteiger partial charge in [0, 0.05) is 24.7 Å². The fraction of sp³-hybridized carbons (Fsp3) is 0.364. The first-order valence-corrected chi connectivity index (χ1v) is 9.19. The van der Waals surface area contributed by atoms with Crippen molar-refractivity contribution < 1.29 is 9.59 Å². The molecule has 2 aromatic carbocycles. The minimum atomic E-state index is -0.540. The summed E-state index contributed by atoms with van der Waals surface area (Å²) in [7, 11) is 0. The van der Waals surface area contributed by atoms with Crippen molar-refractivity contribution in [1.29, 1.82) is 0 Å². The van der Waals surface area contributed by atoms with Crippen LogP contribution in [0.25, 0.3) is 0 Å². The smallest absolute Gasteiger partial charge is 0.251 e. The zero-order valence-electron chi connectivity index (χ0n) is 15.4. The van der Waals surface area contributed by atoms with Crippen molar-refractivity contribution in [2.45, 2.75) is 38.1 Å². The highest BCUT2D eigenvalue weighted by molar-refractivity contribution is 5.94. The SMILES string of the molecule is CC(C)(C(=O)N1CCC(NC(=O)c2ccccc2)CC1)c1ccccc1. The molecule has 0 aromatic heterocycles. The minimum Gasteiger partial charge on any atom is -0.349 e. The Labute approximate surface area is 155 Å². The van der Waals surface area contributed by atoms with Gasteiger partial charge in [-0.05, 0) is 44.4 Å². The van der Waals surface area contributed by atoms with Crippen LogP contribution < -0.4 is 5.32 Å². The number of hydrogen-bond acceptors (Lipinski definition) is 2. The van der Waals surface area contributed by atoms with Crippen LogP contribution in [0.5, 0.6) is 0 Å². The standard InChI is InChI=1S/C22H26N2O2/c1-22(2,18-11-7-4-8-12-18)21(26)24-15-13-19(14-16-24)23-20(25)17-9-5-3-6-10-17/h3-12,19H,13-16H2,1-2H3,(H,23,25). The van der Waals surface area contributed by atoms with E-state index in [1.165, 1.54) is 0 Å². The Kier molecular flexibility index (Phi) is 5.40. The third-order valence-electron chi connectivity index (χ3n) is 5.18. The summed E-state index contributed by atoms with van der Waals surface area (Å²) in [4.78, 5) is 27.2. The van der Waals surface area contributed by atoms with E-state index in [-0.39, 0.29) is 17.9 Å². The predicted octanol–water partition coefficient (Wildman–Crippen LogP) is 3.39. The lowest BCUT2D eigenvalue weighted by molar-refractivity contribution is -0.137. The van der Waals surface area contributed by atoms with Gasteiger partial charge in [0.1, 0.15) is 0 Å². The third-order valence-corrected chi connectivity index (χ3v) is 5.18. The van der Waals surface area contributed by atoms with Crippen LogP contribution in [0.15, 0.2) is 60.7 Å². The summed E-state index contributed by atoms with van der Waals surface area (Å²) in [6, 6.07) is 19.3. The number of nitrogens with one attached hydrogen (secondary N) is 1. The van der Waals surface area contributed by atoms with Gasteiger partial charge in [0.05, 0.1) is 5.41 Å². The van der Waals surface area contributed by atoms with Crippen molar-refractivity contribution in [3.8, 4) is 0 Å². The summed E-state index contributed by atoms with van der Waals surface area (Å²) in [5.74, 6) is 0.108. The van der Waals surface area contributed by atoms with E-state index >= 15 is 0 Å². The number of likely N-dealkylation sites (tertiary alicyclic amines) is 1. The Morgan fingerprint density at radius 1 is 0.923 bits per heavy atom. The summed E-state index contributed by atoms with van der Waals surface area (Å²) in [5, 5.41) is 3.09. The van der Waals surface area contributed by atoms with Gasteiger partial charge < -0.3 is 10.2 Å². The maximum absolute atomic E-state index is 13.0. The van der Waals surface area contributed by atoms with E-state index in [1.54, 1.807) is 0 Å². The molecule has 0 bridgehead atoms. The quantitative estimate of drug-likeness (QED) is 0.919. The topological polar surface area (TPSA) is 49.4 Å². The minimum absolute atomic E-state index is 0.0417. The van der Waals surface area contributed by atoms with Crippen LogP contribution in [0.1, 0.15) is 42.6 Å². The zero-order chi connectivity index (χ0) is 18.6. The lowest BCUT2D eigenvalue weighted by Gasteiger charge is -2.37. The molecule has 4 heteroatoms. The van der Waals surface area contributed by atoms with Crippen LogP contribution in [-0.4, -0.2) is 35.8 Å². The van der Waals surface area contributed by atoms with Crippen molar-refractivity contribution in [1.82, 2.24) is 10.2 Å². The summed E-state index contributed by atoms with van der Waals surface area (Å²) in [6.07, 6.45) is 1.57. The van der Waals surface area contributed by atoms with Crippen LogP contribution >= 0.6 is 0 Å². The van der Waals surface area contributed by atoms with Crippen LogP contribution in [0, 0.1) is 0 Å². The van der Waals surface area contributed by atoms with Crippen molar-refractivity contribution in [2.24, 2.45) is 0 Å². The van der Waals surface area contributed by atoms with E-state index in [4.69, 9.17) is 0 Å². The second-order valence-corrected chi connectivity index (χ2v) is 7.40. The number of carbonyl (C=O) groups excluding carboxylic acids is 2. The summed E-state index contributed by atoms with van der Waals surface area (Å²) >= 11 is 0. The number of hydrogen-bond donors (Lipinski definition) is 1. The Morgan fingerprint density at radius 3 is 2.04 bits per heavy atom. The lowest BCUT2D eigenvalue weighted by atomic mass is 9.82. The third kappa shape index (κ3) is 3.96. The summed E-state index contributed by atoms with van der Waals surface area (Å²) < 4.78 is 0. The average molecular weight is 350 g/mol. The molecule has 1 saturated heterocycles. The van der Waals surface area contributed by atoms with Crippen LogP contribution in [0.2, 0.25) is 0 Å². The molecule has 1 heterocycles. The van der Waals surface area contributed by atoms with E-state index in [1.807, 2.05) is 79.4 Å². The van der Waals surface area contributed by atoms with Gasteiger partial charge >= 0.3 is 0 Å². The molecular formula is C22H26N2O2. The average Bonchev–Trinajstić information content (AvgIpc) is 2.69. The molecule has 1 N–H and O–H groups in total. The van der Waals surface area contributed by atoms with Crippen LogP contribution in [-0.2, 0) is 10.2 Å². The molecule has 0 aliphatic carbocycles. The highest BCUT2D eigenvalue weighted by Crippen LogP contribution is 2.27. The van der Waals surface area contributed by atoms with Crippen molar-refractivity contribution in [2.75, 3.05) is 13.1 Å². The first kappa shape index (κ1) is 18.2. The molecule has 0 saturated carbocycles. The van der Waals surface area contributed by atoms with Gasteiger partial charge in [0.15, 0.2) is 0 Å². The highest BCUT2D eigenvalue weighted by atomic mass is 16.2. The van der Waals surface area contributed by atoms with Gasteiger partial charge in [-0.1, -0.05) is 48.5 Å². The normalized spacial score (nSPS) is 15.5. The number of amides is 2. The molecule has 0 spiro atoms. The van der Waals surface area contributed by atoms with Gasteiger partial charge in [0.25, 0.3) is 5.91 Å². The lowest BCUT2D eigenvalue weighted by Crippen LogP contribution is -2.50. The number of rotatable bonds is 4. The number of piperidine rings is 1. The fourth-order valence-electron chi connectivity index (χ4n) is 3.46. The number of benzene rings is 2. The summed E-state index contributed by atoms with van der Waals surface area (Å²) in [5.41, 5.74) is 1.17. The van der Waals surface area contributed by atoms with Gasteiger partial charge in [-0.3, -0.25) is 9.59 Å². The van der Waals surface area contributed by atoms with Crippen LogP contribution in [0.4, 0.5) is 0 Å². The Hall–Kier alpha value is -2.62. The second kappa shape index (κ2) is 7.73. The Bertz CT molecular complexity index is 748. The van der Waals surface area contributed by atoms with Crippen molar-refractivity contribution >= 4 is 11.8 Å². The first-order chi connectivity index (χ1) is 12.5. The molecule has 0 radical (unpaired) electrons. The van der Waals surface area contributed by atoms with Gasteiger partial charge in [0.2, 0.25) is 5.91 Å². The van der Waals surface area contributed by atoms with Crippen molar-refractivity contribution in [3.63, 3.8) is 0 Å².